The molecule has 6 fully saturated rings. The fourth-order valence-electron chi connectivity index (χ4n) is 9.94. The first-order valence-electron chi connectivity index (χ1n) is 19.3. The second-order valence-corrected chi connectivity index (χ2v) is 16.8. The van der Waals surface area contributed by atoms with Gasteiger partial charge in [-0.25, -0.2) is 9.37 Å². The van der Waals surface area contributed by atoms with Crippen LogP contribution in [0.3, 0.4) is 0 Å². The minimum absolute atomic E-state index is 0.0203. The molecule has 11 heteroatoms. The molecule has 2 bridgehead atoms. The molecule has 6 aliphatic rings. The standard InChI is InChI=1S/C42H43Cl2FN6O2/c1-22-30-17-35(34-16-28(20-50(34)42(52)23-11-12-23)53-21-26-7-3-2-6-25(26)18-47)51(40-27-15-33(40)48-19-27)41(30)31-14-24(8-5-13-46)36(38(45)39(31)49-22)29-9-4-10-32(43)37(29)44/h4,9-10,14,17,23,25-28,33-34,40,48H,2-3,5-8,11-12,15-16,19-21H2,1H3. The molecule has 2 aromatic heterocycles. The van der Waals surface area contributed by atoms with Gasteiger partial charge in [-0.2, -0.15) is 10.5 Å². The summed E-state index contributed by atoms with van der Waals surface area (Å²) in [5.41, 5.74) is 4.42. The number of carbonyl (C=O) groups is 1. The van der Waals surface area contributed by atoms with E-state index in [9.17, 15) is 15.3 Å². The molecule has 3 saturated heterocycles. The first-order valence-corrected chi connectivity index (χ1v) is 20.1. The summed E-state index contributed by atoms with van der Waals surface area (Å²) in [6.07, 6.45) is 8.12. The summed E-state index contributed by atoms with van der Waals surface area (Å²) in [5, 5.41) is 25.4. The largest absolute Gasteiger partial charge is 0.376 e. The average Bonchev–Trinajstić information content (AvgIpc) is 3.45. The zero-order valence-corrected chi connectivity index (χ0v) is 31.4. The van der Waals surface area contributed by atoms with Crippen LogP contribution in [0.15, 0.2) is 30.3 Å². The maximum atomic E-state index is 17.2. The molecule has 1 N–H and O–H groups in total. The maximum Gasteiger partial charge on any atom is 0.226 e. The number of hydrogen-bond donors (Lipinski definition) is 1. The predicted molar refractivity (Wildman–Crippen MR) is 203 cm³/mol. The topological polar surface area (TPSA) is 107 Å². The van der Waals surface area contributed by atoms with Gasteiger partial charge in [-0.1, -0.05) is 48.2 Å². The molecule has 0 radical (unpaired) electrons. The van der Waals surface area contributed by atoms with Crippen molar-refractivity contribution in [2.75, 3.05) is 19.7 Å². The third-order valence-corrected chi connectivity index (χ3v) is 13.7. The SMILES string of the molecule is Cc1nc2c(F)c(-c3cccc(Cl)c3Cl)c(CCC#N)cc2c2c1cc(C1CC(OCC3CCCCC3C#N)CN1C(=O)C1CC1)n2C1C2CNC1C2. The Morgan fingerprint density at radius 3 is 2.68 bits per heavy atom. The van der Waals surface area contributed by atoms with Crippen LogP contribution in [0.4, 0.5) is 4.39 Å². The highest BCUT2D eigenvalue weighted by atomic mass is 35.5. The van der Waals surface area contributed by atoms with E-state index in [-0.39, 0.29) is 64.9 Å². The van der Waals surface area contributed by atoms with Crippen molar-refractivity contribution in [1.82, 2.24) is 19.8 Å². The van der Waals surface area contributed by atoms with E-state index in [0.717, 1.165) is 68.1 Å². The van der Waals surface area contributed by atoms with E-state index in [1.165, 1.54) is 0 Å². The molecule has 2 aromatic carbocycles. The number of aromatic nitrogens is 2. The van der Waals surface area contributed by atoms with Gasteiger partial charge in [-0.05, 0) is 81.0 Å². The van der Waals surface area contributed by atoms with E-state index in [0.29, 0.717) is 64.7 Å². The van der Waals surface area contributed by atoms with Crippen molar-refractivity contribution in [3.63, 3.8) is 0 Å². The van der Waals surface area contributed by atoms with Crippen LogP contribution >= 0.6 is 23.2 Å². The van der Waals surface area contributed by atoms with Gasteiger partial charge in [0.25, 0.3) is 0 Å². The molecule has 3 aliphatic heterocycles. The van der Waals surface area contributed by atoms with Crippen molar-refractivity contribution >= 4 is 50.9 Å². The molecule has 53 heavy (non-hydrogen) atoms. The van der Waals surface area contributed by atoms with Gasteiger partial charge in [0, 0.05) is 71.2 Å². The van der Waals surface area contributed by atoms with Crippen molar-refractivity contribution in [3.8, 4) is 23.3 Å². The molecule has 1 amide bonds. The molecule has 3 aliphatic carbocycles. The molecule has 3 saturated carbocycles. The molecule has 7 atom stereocenters. The molecule has 4 aromatic rings. The molecule has 5 heterocycles. The lowest BCUT2D eigenvalue weighted by atomic mass is 9.79. The monoisotopic (exact) mass is 752 g/mol. The highest BCUT2D eigenvalue weighted by Gasteiger charge is 2.51. The fourth-order valence-corrected chi connectivity index (χ4v) is 10.3. The molecule has 7 unspecified atom stereocenters. The first-order chi connectivity index (χ1) is 25.8. The Bertz CT molecular complexity index is 2210. The van der Waals surface area contributed by atoms with Crippen LogP contribution in [0, 0.1) is 59.1 Å². The number of halogens is 3. The summed E-state index contributed by atoms with van der Waals surface area (Å²) in [4.78, 5) is 21.0. The van der Waals surface area contributed by atoms with E-state index in [1.54, 1.807) is 18.2 Å². The molecule has 0 spiro atoms. The van der Waals surface area contributed by atoms with Crippen LogP contribution in [-0.4, -0.2) is 52.2 Å². The number of aryl methyl sites for hydroxylation is 2. The van der Waals surface area contributed by atoms with E-state index in [2.05, 4.69) is 33.0 Å². The highest BCUT2D eigenvalue weighted by molar-refractivity contribution is 6.43. The van der Waals surface area contributed by atoms with Crippen LogP contribution in [0.1, 0.15) is 86.8 Å². The normalized spacial score (nSPS) is 28.0. The minimum atomic E-state index is -0.480. The van der Waals surface area contributed by atoms with E-state index < -0.39 is 5.82 Å². The summed E-state index contributed by atoms with van der Waals surface area (Å²) < 4.78 is 26.3. The van der Waals surface area contributed by atoms with Gasteiger partial charge < -0.3 is 19.5 Å². The van der Waals surface area contributed by atoms with Gasteiger partial charge in [-0.15, -0.1) is 0 Å². The summed E-state index contributed by atoms with van der Waals surface area (Å²) in [6.45, 7) is 3.91. The molecule has 274 valence electrons. The number of rotatable bonds is 9. The van der Waals surface area contributed by atoms with Gasteiger partial charge in [0.2, 0.25) is 5.91 Å². The third kappa shape index (κ3) is 5.91. The number of nitrogens with one attached hydrogen (secondary N) is 1. The Hall–Kier alpha value is -3.73. The highest BCUT2D eigenvalue weighted by Crippen LogP contribution is 2.51. The second kappa shape index (κ2) is 13.8. The number of hydrogen-bond acceptors (Lipinski definition) is 6. The van der Waals surface area contributed by atoms with Gasteiger partial charge in [0.15, 0.2) is 5.82 Å². The summed E-state index contributed by atoms with van der Waals surface area (Å²) in [5.74, 6) is 0.419. The fraction of sp³-hybridized carbons (Fsp3) is 0.524. The molecule has 8 nitrogen and oxygen atoms in total. The number of ether oxygens (including phenoxy) is 1. The van der Waals surface area contributed by atoms with Crippen LogP contribution in [0.25, 0.3) is 32.9 Å². The quantitative estimate of drug-likeness (QED) is 0.183. The lowest BCUT2D eigenvalue weighted by Gasteiger charge is -2.39. The number of pyridine rings is 1. The number of benzene rings is 2. The Balaban J connectivity index is 1.20. The van der Waals surface area contributed by atoms with Crippen molar-refractivity contribution in [3.05, 3.63) is 63.1 Å². The van der Waals surface area contributed by atoms with Crippen LogP contribution in [0.5, 0.6) is 0 Å². The van der Waals surface area contributed by atoms with Crippen LogP contribution < -0.4 is 5.32 Å². The number of nitriles is 2. The number of nitrogens with zero attached hydrogens (tertiary/aromatic N) is 5. The molecule has 10 rings (SSSR count). The van der Waals surface area contributed by atoms with Crippen molar-refractivity contribution in [2.24, 2.45) is 23.7 Å². The van der Waals surface area contributed by atoms with Crippen molar-refractivity contribution in [2.45, 2.75) is 95.4 Å². The summed E-state index contributed by atoms with van der Waals surface area (Å²) in [7, 11) is 0. The second-order valence-electron chi connectivity index (χ2n) is 16.0. The van der Waals surface area contributed by atoms with E-state index >= 15 is 4.39 Å². The van der Waals surface area contributed by atoms with Gasteiger partial charge in [0.1, 0.15) is 5.52 Å². The van der Waals surface area contributed by atoms with E-state index in [4.69, 9.17) is 32.9 Å². The third-order valence-electron chi connectivity index (χ3n) is 12.9. The van der Waals surface area contributed by atoms with Gasteiger partial charge in [-0.3, -0.25) is 4.79 Å². The Morgan fingerprint density at radius 1 is 1.11 bits per heavy atom. The Labute approximate surface area is 319 Å². The lowest BCUT2D eigenvalue weighted by molar-refractivity contribution is -0.134. The zero-order valence-electron chi connectivity index (χ0n) is 29.9. The molecular formula is C42H43Cl2FN6O2. The number of amides is 1. The smallest absolute Gasteiger partial charge is 0.226 e. The Kier molecular flexibility index (Phi) is 9.14. The number of fused-ring (bicyclic) bond motifs is 4. The van der Waals surface area contributed by atoms with Crippen molar-refractivity contribution in [1.29, 1.82) is 10.5 Å². The first kappa shape index (κ1) is 35.0. The summed E-state index contributed by atoms with van der Waals surface area (Å²) >= 11 is 13.1. The summed E-state index contributed by atoms with van der Waals surface area (Å²) in [6, 6.07) is 14.4. The molecular weight excluding hydrogens is 710 g/mol. The van der Waals surface area contributed by atoms with Gasteiger partial charge >= 0.3 is 0 Å². The maximum absolute atomic E-state index is 17.2. The number of likely N-dealkylation sites (tertiary alicyclic amines) is 1. The van der Waals surface area contributed by atoms with Gasteiger partial charge in [0.05, 0.1) is 58.4 Å². The predicted octanol–water partition coefficient (Wildman–Crippen LogP) is 9.00. The van der Waals surface area contributed by atoms with Crippen molar-refractivity contribution < 1.29 is 13.9 Å². The van der Waals surface area contributed by atoms with Crippen LogP contribution in [0.2, 0.25) is 10.0 Å². The van der Waals surface area contributed by atoms with Crippen LogP contribution in [-0.2, 0) is 16.0 Å². The Morgan fingerprint density at radius 2 is 1.94 bits per heavy atom. The lowest BCUT2D eigenvalue weighted by Crippen LogP contribution is -2.41. The zero-order chi connectivity index (χ0) is 36.5. The minimum Gasteiger partial charge on any atom is -0.376 e. The average molecular weight is 754 g/mol. The number of carbonyl (C=O) groups excluding carboxylic acids is 1. The van der Waals surface area contributed by atoms with E-state index in [1.807, 2.05) is 13.0 Å².